The van der Waals surface area contributed by atoms with Crippen molar-refractivity contribution in [3.8, 4) is 0 Å². The molecule has 23 heavy (non-hydrogen) atoms. The van der Waals surface area contributed by atoms with Crippen molar-refractivity contribution < 1.29 is 21.6 Å². The van der Waals surface area contributed by atoms with E-state index in [4.69, 9.17) is 0 Å². The quantitative estimate of drug-likeness (QED) is 0.716. The molecular weight excluding hydrogens is 329 g/mol. The van der Waals surface area contributed by atoms with Gasteiger partial charge in [-0.15, -0.1) is 0 Å². The van der Waals surface area contributed by atoms with Crippen molar-refractivity contribution in [2.45, 2.75) is 18.0 Å². The third-order valence-electron chi connectivity index (χ3n) is 3.33. The molecule has 0 aliphatic heterocycles. The maximum Gasteiger partial charge on any atom is 0.450 e. The van der Waals surface area contributed by atoms with Gasteiger partial charge >= 0.3 is 6.18 Å². The standard InChI is InChI=1S/C15H11F3N2O2S/c1-10-6-8-11(9-7-10)23(21,22)20-13-5-3-2-4-12(13)19-14(20)15(16,17)18/h2-9H,1H3. The Morgan fingerprint density at radius 1 is 1.00 bits per heavy atom. The van der Waals surface area contributed by atoms with Crippen molar-refractivity contribution >= 4 is 21.1 Å². The molecule has 0 spiro atoms. The Hall–Kier alpha value is -2.35. The van der Waals surface area contributed by atoms with E-state index in [9.17, 15) is 21.6 Å². The van der Waals surface area contributed by atoms with Gasteiger partial charge in [0.15, 0.2) is 0 Å². The molecule has 1 heterocycles. The van der Waals surface area contributed by atoms with E-state index in [1.165, 1.54) is 48.5 Å². The van der Waals surface area contributed by atoms with Crippen LogP contribution >= 0.6 is 0 Å². The highest BCUT2D eigenvalue weighted by molar-refractivity contribution is 7.90. The monoisotopic (exact) mass is 340 g/mol. The van der Waals surface area contributed by atoms with Gasteiger partial charge in [-0.3, -0.25) is 0 Å². The molecule has 0 aliphatic carbocycles. The first-order valence-corrected chi connectivity index (χ1v) is 8.02. The zero-order valence-electron chi connectivity index (χ0n) is 11.9. The summed E-state index contributed by atoms with van der Waals surface area (Å²) in [5.41, 5.74) is 0.659. The zero-order valence-corrected chi connectivity index (χ0v) is 12.7. The highest BCUT2D eigenvalue weighted by Gasteiger charge is 2.41. The van der Waals surface area contributed by atoms with Crippen LogP contribution in [0.2, 0.25) is 0 Å². The van der Waals surface area contributed by atoms with Crippen LogP contribution in [0.3, 0.4) is 0 Å². The molecule has 0 bridgehead atoms. The molecule has 120 valence electrons. The second-order valence-corrected chi connectivity index (χ2v) is 6.79. The number of rotatable bonds is 2. The lowest BCUT2D eigenvalue weighted by Gasteiger charge is -2.12. The third-order valence-corrected chi connectivity index (χ3v) is 5.05. The largest absolute Gasteiger partial charge is 0.450 e. The van der Waals surface area contributed by atoms with Gasteiger partial charge in [0.2, 0.25) is 5.82 Å². The van der Waals surface area contributed by atoms with E-state index in [1.807, 2.05) is 0 Å². The maximum atomic E-state index is 13.2. The summed E-state index contributed by atoms with van der Waals surface area (Å²) in [7, 11) is -4.42. The first kappa shape index (κ1) is 15.5. The summed E-state index contributed by atoms with van der Waals surface area (Å²) < 4.78 is 65.4. The van der Waals surface area contributed by atoms with E-state index in [2.05, 4.69) is 4.98 Å². The lowest BCUT2D eigenvalue weighted by Crippen LogP contribution is -2.21. The fourth-order valence-electron chi connectivity index (χ4n) is 2.24. The van der Waals surface area contributed by atoms with Gasteiger partial charge in [-0.05, 0) is 31.2 Å². The lowest BCUT2D eigenvalue weighted by molar-refractivity contribution is -0.145. The van der Waals surface area contributed by atoms with Crippen LogP contribution in [0.15, 0.2) is 53.4 Å². The molecular formula is C15H11F3N2O2S. The molecule has 8 heteroatoms. The molecule has 0 saturated heterocycles. The van der Waals surface area contributed by atoms with Crippen LogP contribution in [0.5, 0.6) is 0 Å². The fraction of sp³-hybridized carbons (Fsp3) is 0.133. The van der Waals surface area contributed by atoms with Crippen LogP contribution in [-0.2, 0) is 16.2 Å². The van der Waals surface area contributed by atoms with Crippen LogP contribution < -0.4 is 0 Å². The number of aryl methyl sites for hydroxylation is 1. The summed E-state index contributed by atoms with van der Waals surface area (Å²) in [6.07, 6.45) is -4.89. The normalized spacial score (nSPS) is 12.7. The molecule has 0 radical (unpaired) electrons. The summed E-state index contributed by atoms with van der Waals surface area (Å²) in [6, 6.07) is 11.2. The van der Waals surface area contributed by atoms with Crippen LogP contribution in [0.25, 0.3) is 11.0 Å². The number of aromatic nitrogens is 2. The zero-order chi connectivity index (χ0) is 16.8. The van der Waals surface area contributed by atoms with Crippen LogP contribution in [0, 0.1) is 6.92 Å². The second-order valence-electron chi connectivity index (χ2n) is 5.00. The molecule has 4 nitrogen and oxygen atoms in total. The Morgan fingerprint density at radius 2 is 1.61 bits per heavy atom. The molecule has 3 rings (SSSR count). The number of fused-ring (bicyclic) bond motifs is 1. The van der Waals surface area contributed by atoms with Crippen LogP contribution in [-0.4, -0.2) is 17.4 Å². The van der Waals surface area contributed by atoms with E-state index < -0.39 is 22.0 Å². The first-order chi connectivity index (χ1) is 10.7. The molecule has 0 atom stereocenters. The summed E-state index contributed by atoms with van der Waals surface area (Å²) in [6.45, 7) is 1.75. The molecule has 1 aromatic heterocycles. The Kier molecular flexibility index (Phi) is 3.44. The van der Waals surface area contributed by atoms with Crippen molar-refractivity contribution in [1.82, 2.24) is 8.96 Å². The molecule has 3 aromatic rings. The minimum absolute atomic E-state index is 0.0319. The number of imidazole rings is 1. The number of halogens is 3. The Bertz CT molecular complexity index is 974. The average molecular weight is 340 g/mol. The molecule has 2 aromatic carbocycles. The van der Waals surface area contributed by atoms with Crippen molar-refractivity contribution in [3.63, 3.8) is 0 Å². The minimum Gasteiger partial charge on any atom is -0.223 e. The average Bonchev–Trinajstić information content (AvgIpc) is 2.88. The van der Waals surface area contributed by atoms with Gasteiger partial charge in [0.1, 0.15) is 0 Å². The number of alkyl halides is 3. The predicted molar refractivity (Wildman–Crippen MR) is 78.5 cm³/mol. The second kappa shape index (κ2) is 5.09. The summed E-state index contributed by atoms with van der Waals surface area (Å²) >= 11 is 0. The number of para-hydroxylation sites is 2. The Balaban J connectivity index is 2.36. The molecule has 0 N–H and O–H groups in total. The first-order valence-electron chi connectivity index (χ1n) is 6.58. The summed E-state index contributed by atoms with van der Waals surface area (Å²) in [4.78, 5) is 3.23. The summed E-state index contributed by atoms with van der Waals surface area (Å²) in [5, 5.41) is 0. The van der Waals surface area contributed by atoms with E-state index in [-0.39, 0.29) is 19.9 Å². The van der Waals surface area contributed by atoms with Crippen molar-refractivity contribution in [2.24, 2.45) is 0 Å². The highest BCUT2D eigenvalue weighted by Crippen LogP contribution is 2.34. The molecule has 0 unspecified atom stereocenters. The highest BCUT2D eigenvalue weighted by atomic mass is 32.2. The third kappa shape index (κ3) is 2.59. The number of hydrogen-bond donors (Lipinski definition) is 0. The van der Waals surface area contributed by atoms with Gasteiger partial charge in [-0.1, -0.05) is 29.8 Å². The molecule has 0 saturated carbocycles. The van der Waals surface area contributed by atoms with Gasteiger partial charge in [0.25, 0.3) is 10.0 Å². The van der Waals surface area contributed by atoms with E-state index in [0.717, 1.165) is 5.56 Å². The van der Waals surface area contributed by atoms with E-state index in [0.29, 0.717) is 0 Å². The van der Waals surface area contributed by atoms with Gasteiger partial charge < -0.3 is 0 Å². The molecule has 0 fully saturated rings. The lowest BCUT2D eigenvalue weighted by atomic mass is 10.2. The van der Waals surface area contributed by atoms with Gasteiger partial charge in [-0.2, -0.15) is 13.2 Å². The summed E-state index contributed by atoms with van der Waals surface area (Å²) in [5.74, 6) is -1.46. The predicted octanol–water partition coefficient (Wildman–Crippen LogP) is 3.60. The van der Waals surface area contributed by atoms with Gasteiger partial charge in [0.05, 0.1) is 15.9 Å². The minimum atomic E-state index is -4.89. The number of benzene rings is 2. The van der Waals surface area contributed by atoms with Gasteiger partial charge in [0, 0.05) is 0 Å². The van der Waals surface area contributed by atoms with Crippen LogP contribution in [0.4, 0.5) is 13.2 Å². The van der Waals surface area contributed by atoms with E-state index in [1.54, 1.807) is 6.92 Å². The van der Waals surface area contributed by atoms with E-state index >= 15 is 0 Å². The SMILES string of the molecule is Cc1ccc(S(=O)(=O)n2c(C(F)(F)F)nc3ccccc32)cc1. The van der Waals surface area contributed by atoms with Crippen molar-refractivity contribution in [3.05, 3.63) is 59.9 Å². The Morgan fingerprint density at radius 3 is 2.22 bits per heavy atom. The number of hydrogen-bond acceptors (Lipinski definition) is 3. The number of nitrogens with zero attached hydrogens (tertiary/aromatic N) is 2. The molecule has 0 amide bonds. The molecule has 0 aliphatic rings. The fourth-order valence-corrected chi connectivity index (χ4v) is 3.72. The topological polar surface area (TPSA) is 52.0 Å². The maximum absolute atomic E-state index is 13.2. The Labute approximate surface area is 130 Å². The van der Waals surface area contributed by atoms with Crippen molar-refractivity contribution in [2.75, 3.05) is 0 Å². The van der Waals surface area contributed by atoms with Crippen molar-refractivity contribution in [1.29, 1.82) is 0 Å². The smallest absolute Gasteiger partial charge is 0.223 e. The van der Waals surface area contributed by atoms with Crippen LogP contribution in [0.1, 0.15) is 11.4 Å². The van der Waals surface area contributed by atoms with Gasteiger partial charge in [-0.25, -0.2) is 17.4 Å².